The second-order valence-electron chi connectivity index (χ2n) is 10.3. The number of pyridine rings is 1. The van der Waals surface area contributed by atoms with E-state index < -0.39 is 17.7 Å². The number of aromatic nitrogens is 3. The van der Waals surface area contributed by atoms with E-state index in [9.17, 15) is 9.90 Å². The molecule has 1 atom stereocenters. The molecule has 8 heteroatoms. The van der Waals surface area contributed by atoms with Crippen molar-refractivity contribution in [2.45, 2.75) is 46.3 Å². The number of benzene rings is 2. The number of fused-ring (bicyclic) bond motifs is 2. The number of halogens is 1. The van der Waals surface area contributed by atoms with Crippen LogP contribution in [0.4, 0.5) is 0 Å². The fourth-order valence-corrected chi connectivity index (χ4v) is 5.86. The third kappa shape index (κ3) is 4.75. The molecule has 0 aliphatic carbocycles. The molecule has 0 bridgehead atoms. The van der Waals surface area contributed by atoms with Crippen molar-refractivity contribution in [1.29, 1.82) is 0 Å². The number of thiazole rings is 1. The van der Waals surface area contributed by atoms with E-state index in [0.29, 0.717) is 10.6 Å². The van der Waals surface area contributed by atoms with Crippen LogP contribution in [0.3, 0.4) is 0 Å². The van der Waals surface area contributed by atoms with E-state index in [1.54, 1.807) is 0 Å². The van der Waals surface area contributed by atoms with Crippen LogP contribution in [0.15, 0.2) is 48.7 Å². The van der Waals surface area contributed by atoms with Crippen LogP contribution in [0.1, 0.15) is 43.7 Å². The number of aryl methyl sites for hydroxylation is 3. The first kappa shape index (κ1) is 25.4. The summed E-state index contributed by atoms with van der Waals surface area (Å²) < 4.78 is 9.06. The molecule has 5 rings (SSSR count). The van der Waals surface area contributed by atoms with Crippen molar-refractivity contribution in [3.8, 4) is 21.7 Å². The molecule has 37 heavy (non-hydrogen) atoms. The first-order chi connectivity index (χ1) is 17.4. The largest absolute Gasteiger partial charge is 0.479 e. The predicted molar refractivity (Wildman–Crippen MR) is 150 cm³/mol. The molecule has 0 aliphatic heterocycles. The molecule has 1 N–H and O–H groups in total. The number of carboxylic acid groups (broad SMARTS) is 1. The Bertz CT molecular complexity index is 1660. The summed E-state index contributed by atoms with van der Waals surface area (Å²) in [6, 6.07) is 13.6. The summed E-state index contributed by atoms with van der Waals surface area (Å²) in [6.07, 6.45) is 0.698. The third-order valence-electron chi connectivity index (χ3n) is 6.37. The van der Waals surface area contributed by atoms with Gasteiger partial charge in [0.15, 0.2) is 6.10 Å². The molecule has 0 amide bonds. The lowest BCUT2D eigenvalue weighted by atomic mass is 9.91. The minimum absolute atomic E-state index is 0.609. The van der Waals surface area contributed by atoms with Crippen molar-refractivity contribution in [3.05, 3.63) is 70.5 Å². The van der Waals surface area contributed by atoms with Gasteiger partial charge in [-0.1, -0.05) is 23.7 Å². The number of carboxylic acids is 1. The Labute approximate surface area is 224 Å². The molecule has 0 fully saturated rings. The van der Waals surface area contributed by atoms with Crippen LogP contribution >= 0.6 is 22.9 Å². The van der Waals surface area contributed by atoms with Gasteiger partial charge in [0.1, 0.15) is 10.7 Å². The minimum atomic E-state index is -1.15. The summed E-state index contributed by atoms with van der Waals surface area (Å²) >= 11 is 7.72. The van der Waals surface area contributed by atoms with Gasteiger partial charge >= 0.3 is 5.97 Å². The van der Waals surface area contributed by atoms with Gasteiger partial charge in [0.2, 0.25) is 0 Å². The van der Waals surface area contributed by atoms with E-state index in [1.165, 1.54) is 11.3 Å². The highest BCUT2D eigenvalue weighted by Gasteiger charge is 2.32. The Morgan fingerprint density at radius 1 is 1.11 bits per heavy atom. The Kier molecular flexibility index (Phi) is 6.34. The topological polar surface area (TPSA) is 77.2 Å². The van der Waals surface area contributed by atoms with Crippen molar-refractivity contribution in [2.24, 2.45) is 7.05 Å². The highest BCUT2D eigenvalue weighted by atomic mass is 35.5. The maximum absolute atomic E-state index is 12.5. The molecule has 0 aliphatic rings. The zero-order valence-electron chi connectivity index (χ0n) is 21.6. The van der Waals surface area contributed by atoms with Gasteiger partial charge in [-0.3, -0.25) is 0 Å². The molecule has 0 spiro atoms. The number of rotatable bonds is 5. The van der Waals surface area contributed by atoms with E-state index in [4.69, 9.17) is 21.3 Å². The normalized spacial score (nSPS) is 12.9. The molecule has 2 aromatic carbocycles. The van der Waals surface area contributed by atoms with Gasteiger partial charge in [-0.05, 0) is 76.1 Å². The third-order valence-corrected chi connectivity index (χ3v) is 7.76. The second kappa shape index (κ2) is 9.24. The summed E-state index contributed by atoms with van der Waals surface area (Å²) in [5.41, 5.74) is 6.21. The van der Waals surface area contributed by atoms with E-state index in [0.717, 1.165) is 54.2 Å². The van der Waals surface area contributed by atoms with Crippen LogP contribution in [0, 0.1) is 13.8 Å². The SMILES string of the molecule is Cc1cc2nc(-c3cnc4c(c3)cc(C)n4C)sc2c(-c2ccc(Cl)cc2)c1C(OC(C)(C)C)C(=O)O. The van der Waals surface area contributed by atoms with E-state index in [2.05, 4.69) is 28.6 Å². The lowest BCUT2D eigenvalue weighted by Gasteiger charge is -2.28. The molecule has 0 radical (unpaired) electrons. The van der Waals surface area contributed by atoms with Crippen LogP contribution in [-0.2, 0) is 16.6 Å². The average molecular weight is 534 g/mol. The van der Waals surface area contributed by atoms with Crippen molar-refractivity contribution in [2.75, 3.05) is 0 Å². The summed E-state index contributed by atoms with van der Waals surface area (Å²) in [4.78, 5) is 22.2. The summed E-state index contributed by atoms with van der Waals surface area (Å²) in [6.45, 7) is 9.55. The van der Waals surface area contributed by atoms with Crippen LogP contribution in [0.2, 0.25) is 5.02 Å². The Hall–Kier alpha value is -3.26. The number of carbonyl (C=O) groups is 1. The quantitative estimate of drug-likeness (QED) is 0.250. The van der Waals surface area contributed by atoms with Crippen molar-refractivity contribution >= 4 is 50.2 Å². The molecule has 190 valence electrons. The first-order valence-electron chi connectivity index (χ1n) is 12.0. The second-order valence-corrected chi connectivity index (χ2v) is 11.7. The molecule has 1 unspecified atom stereocenters. The molecule has 3 aromatic heterocycles. The fraction of sp³-hybridized carbons (Fsp3) is 0.276. The number of ether oxygens (including phenoxy) is 1. The van der Waals surface area contributed by atoms with Gasteiger partial charge in [-0.2, -0.15) is 0 Å². The van der Waals surface area contributed by atoms with Crippen molar-refractivity contribution < 1.29 is 14.6 Å². The molecular formula is C29H28ClN3O3S. The first-order valence-corrected chi connectivity index (χ1v) is 13.2. The lowest BCUT2D eigenvalue weighted by molar-refractivity contribution is -0.160. The zero-order valence-corrected chi connectivity index (χ0v) is 23.2. The zero-order chi connectivity index (χ0) is 26.6. The standard InChI is InChI=1S/C29H28ClN3O3S/c1-15-11-21-25(37-27(32-21)19-13-18-12-16(2)33(6)26(18)31-14-19)23(17-7-9-20(30)10-8-17)22(15)24(28(34)35)36-29(3,4)5/h7-14,24H,1-6H3,(H,34,35). The van der Waals surface area contributed by atoms with Crippen LogP contribution in [-0.4, -0.2) is 31.2 Å². The van der Waals surface area contributed by atoms with Crippen LogP contribution in [0.5, 0.6) is 0 Å². The Morgan fingerprint density at radius 3 is 2.46 bits per heavy atom. The van der Waals surface area contributed by atoms with Gasteiger partial charge in [-0.15, -0.1) is 11.3 Å². The van der Waals surface area contributed by atoms with Gasteiger partial charge in [0, 0.05) is 46.0 Å². The molecule has 5 aromatic rings. The number of hydrogen-bond donors (Lipinski definition) is 1. The van der Waals surface area contributed by atoms with E-state index in [-0.39, 0.29) is 0 Å². The Morgan fingerprint density at radius 2 is 1.81 bits per heavy atom. The molecular weight excluding hydrogens is 506 g/mol. The van der Waals surface area contributed by atoms with E-state index >= 15 is 0 Å². The van der Waals surface area contributed by atoms with Crippen molar-refractivity contribution in [3.63, 3.8) is 0 Å². The number of aliphatic carboxylic acids is 1. The van der Waals surface area contributed by atoms with Crippen LogP contribution in [0.25, 0.3) is 42.9 Å². The van der Waals surface area contributed by atoms with Crippen molar-refractivity contribution in [1.82, 2.24) is 14.5 Å². The molecule has 6 nitrogen and oxygen atoms in total. The molecule has 0 saturated heterocycles. The maximum Gasteiger partial charge on any atom is 0.337 e. The molecule has 3 heterocycles. The summed E-state index contributed by atoms with van der Waals surface area (Å²) in [5.74, 6) is -1.04. The highest BCUT2D eigenvalue weighted by molar-refractivity contribution is 7.22. The van der Waals surface area contributed by atoms with Gasteiger partial charge in [-0.25, -0.2) is 14.8 Å². The maximum atomic E-state index is 12.5. The lowest BCUT2D eigenvalue weighted by Crippen LogP contribution is -2.28. The highest BCUT2D eigenvalue weighted by Crippen LogP contribution is 2.44. The van der Waals surface area contributed by atoms with E-state index in [1.807, 2.05) is 71.3 Å². The van der Waals surface area contributed by atoms with Gasteiger partial charge in [0.05, 0.1) is 15.8 Å². The average Bonchev–Trinajstić information content (AvgIpc) is 3.36. The molecule has 0 saturated carbocycles. The summed E-state index contributed by atoms with van der Waals surface area (Å²) in [5, 5.41) is 12.7. The summed E-state index contributed by atoms with van der Waals surface area (Å²) in [7, 11) is 2.00. The van der Waals surface area contributed by atoms with Gasteiger partial charge < -0.3 is 14.4 Å². The Balaban J connectivity index is 1.78. The predicted octanol–water partition coefficient (Wildman–Crippen LogP) is 7.73. The van der Waals surface area contributed by atoms with Crippen LogP contribution < -0.4 is 0 Å². The monoisotopic (exact) mass is 533 g/mol. The number of nitrogens with zero attached hydrogens (tertiary/aromatic N) is 3. The minimum Gasteiger partial charge on any atom is -0.479 e. The van der Waals surface area contributed by atoms with Gasteiger partial charge in [0.25, 0.3) is 0 Å². The smallest absolute Gasteiger partial charge is 0.337 e. The fourth-order valence-electron chi connectivity index (χ4n) is 4.63. The number of hydrogen-bond acceptors (Lipinski definition) is 5.